The van der Waals surface area contributed by atoms with Crippen molar-refractivity contribution in [2.75, 3.05) is 32.7 Å². The maximum absolute atomic E-state index is 13.2. The van der Waals surface area contributed by atoms with Gasteiger partial charge in [-0.3, -0.25) is 19.2 Å². The Kier molecular flexibility index (Phi) is 6.21. The second kappa shape index (κ2) is 9.58. The molecule has 33 heavy (non-hydrogen) atoms. The number of benzene rings is 2. The van der Waals surface area contributed by atoms with E-state index in [2.05, 4.69) is 34.3 Å². The van der Waals surface area contributed by atoms with E-state index in [1.165, 1.54) is 5.56 Å². The van der Waals surface area contributed by atoms with Gasteiger partial charge in [0.25, 0.3) is 11.8 Å². The lowest BCUT2D eigenvalue weighted by Gasteiger charge is -2.34. The molecule has 3 aromatic rings. The van der Waals surface area contributed by atoms with Crippen LogP contribution in [-0.4, -0.2) is 69.0 Å². The highest BCUT2D eigenvalue weighted by Gasteiger charge is 2.29. The molecule has 3 heterocycles. The standard InChI is InChI=1S/C26H29N5O2/c32-25(29-16-14-28(15-17-29)19-21-8-3-1-4-9-21)23-18-24-26(33)30(12-7-13-31(24)27-23)20-22-10-5-2-6-11-22/h1-6,8-11,18H,7,12-17,19-20H2. The number of hydrogen-bond donors (Lipinski definition) is 0. The molecule has 0 radical (unpaired) electrons. The molecule has 2 aliphatic rings. The molecule has 7 nitrogen and oxygen atoms in total. The number of rotatable bonds is 5. The zero-order valence-corrected chi connectivity index (χ0v) is 18.8. The van der Waals surface area contributed by atoms with E-state index in [0.29, 0.717) is 44.1 Å². The van der Waals surface area contributed by atoms with Crippen molar-refractivity contribution in [2.45, 2.75) is 26.1 Å². The van der Waals surface area contributed by atoms with Gasteiger partial charge < -0.3 is 9.80 Å². The van der Waals surface area contributed by atoms with Crippen LogP contribution in [0, 0.1) is 0 Å². The first kappa shape index (κ1) is 21.4. The van der Waals surface area contributed by atoms with E-state index < -0.39 is 0 Å². The molecule has 0 unspecified atom stereocenters. The number of amides is 2. The fourth-order valence-corrected chi connectivity index (χ4v) is 4.61. The summed E-state index contributed by atoms with van der Waals surface area (Å²) in [7, 11) is 0. The first-order valence-electron chi connectivity index (χ1n) is 11.6. The minimum absolute atomic E-state index is 0.0596. The molecule has 2 aromatic carbocycles. The van der Waals surface area contributed by atoms with Gasteiger partial charge in [-0.15, -0.1) is 0 Å². The number of carbonyl (C=O) groups excluding carboxylic acids is 2. The molecular formula is C26H29N5O2. The number of aryl methyl sites for hydroxylation is 1. The van der Waals surface area contributed by atoms with E-state index in [4.69, 9.17) is 0 Å². The number of nitrogens with zero attached hydrogens (tertiary/aromatic N) is 5. The lowest BCUT2D eigenvalue weighted by Crippen LogP contribution is -2.48. The molecule has 0 aliphatic carbocycles. The van der Waals surface area contributed by atoms with Crippen LogP contribution in [0.1, 0.15) is 38.5 Å². The van der Waals surface area contributed by atoms with Gasteiger partial charge in [0, 0.05) is 58.4 Å². The van der Waals surface area contributed by atoms with E-state index in [-0.39, 0.29) is 11.8 Å². The number of piperazine rings is 1. The predicted molar refractivity (Wildman–Crippen MR) is 126 cm³/mol. The largest absolute Gasteiger partial charge is 0.335 e. The lowest BCUT2D eigenvalue weighted by atomic mass is 10.2. The monoisotopic (exact) mass is 443 g/mol. The molecule has 2 aliphatic heterocycles. The van der Waals surface area contributed by atoms with Crippen LogP contribution in [0.3, 0.4) is 0 Å². The maximum atomic E-state index is 13.2. The Hall–Kier alpha value is -3.45. The van der Waals surface area contributed by atoms with E-state index in [9.17, 15) is 9.59 Å². The maximum Gasteiger partial charge on any atom is 0.274 e. The van der Waals surface area contributed by atoms with Crippen LogP contribution in [0.4, 0.5) is 0 Å². The van der Waals surface area contributed by atoms with Crippen molar-refractivity contribution >= 4 is 11.8 Å². The summed E-state index contributed by atoms with van der Waals surface area (Å²) in [6, 6.07) is 22.1. The number of hydrogen-bond acceptors (Lipinski definition) is 4. The van der Waals surface area contributed by atoms with E-state index >= 15 is 0 Å². The summed E-state index contributed by atoms with van der Waals surface area (Å²) in [4.78, 5) is 32.4. The zero-order chi connectivity index (χ0) is 22.6. The van der Waals surface area contributed by atoms with Crippen molar-refractivity contribution in [1.29, 1.82) is 0 Å². The molecule has 0 N–H and O–H groups in total. The van der Waals surface area contributed by atoms with Crippen LogP contribution >= 0.6 is 0 Å². The molecule has 2 amide bonds. The third-order valence-corrected chi connectivity index (χ3v) is 6.43. The topological polar surface area (TPSA) is 61.7 Å². The van der Waals surface area contributed by atoms with Gasteiger partial charge in [0.2, 0.25) is 0 Å². The third kappa shape index (κ3) is 4.83. The summed E-state index contributed by atoms with van der Waals surface area (Å²) >= 11 is 0. The second-order valence-corrected chi connectivity index (χ2v) is 8.76. The zero-order valence-electron chi connectivity index (χ0n) is 18.8. The highest BCUT2D eigenvalue weighted by molar-refractivity contribution is 5.98. The number of aromatic nitrogens is 2. The Morgan fingerprint density at radius 3 is 2.09 bits per heavy atom. The van der Waals surface area contributed by atoms with E-state index in [0.717, 1.165) is 31.6 Å². The first-order valence-corrected chi connectivity index (χ1v) is 11.6. The van der Waals surface area contributed by atoms with Gasteiger partial charge in [-0.25, -0.2) is 0 Å². The molecule has 0 atom stereocenters. The van der Waals surface area contributed by atoms with Gasteiger partial charge in [-0.05, 0) is 17.5 Å². The summed E-state index contributed by atoms with van der Waals surface area (Å²) in [5.41, 5.74) is 3.27. The van der Waals surface area contributed by atoms with Crippen molar-refractivity contribution in [3.05, 3.63) is 89.2 Å². The van der Waals surface area contributed by atoms with Crippen molar-refractivity contribution in [2.24, 2.45) is 0 Å². The van der Waals surface area contributed by atoms with Gasteiger partial charge in [0.15, 0.2) is 5.69 Å². The van der Waals surface area contributed by atoms with Crippen LogP contribution in [0.2, 0.25) is 0 Å². The summed E-state index contributed by atoms with van der Waals surface area (Å²) in [6.45, 7) is 5.79. The van der Waals surface area contributed by atoms with Crippen molar-refractivity contribution in [3.63, 3.8) is 0 Å². The Bertz CT molecular complexity index is 1100. The molecule has 170 valence electrons. The van der Waals surface area contributed by atoms with Gasteiger partial charge in [0.05, 0.1) is 0 Å². The smallest absolute Gasteiger partial charge is 0.274 e. The first-order chi connectivity index (χ1) is 16.2. The SMILES string of the molecule is O=C(c1cc2n(n1)CCCN(Cc1ccccc1)C2=O)N1CCN(Cc2ccccc2)CC1. The third-order valence-electron chi connectivity index (χ3n) is 6.43. The highest BCUT2D eigenvalue weighted by Crippen LogP contribution is 2.18. The molecule has 0 spiro atoms. The Balaban J connectivity index is 1.23. The molecule has 5 rings (SSSR count). The lowest BCUT2D eigenvalue weighted by molar-refractivity contribution is 0.0621. The van der Waals surface area contributed by atoms with E-state index in [1.807, 2.05) is 46.2 Å². The van der Waals surface area contributed by atoms with Crippen molar-refractivity contribution < 1.29 is 9.59 Å². The minimum atomic E-state index is -0.0858. The Morgan fingerprint density at radius 2 is 1.42 bits per heavy atom. The molecule has 0 saturated carbocycles. The van der Waals surface area contributed by atoms with Crippen LogP contribution in [-0.2, 0) is 19.6 Å². The van der Waals surface area contributed by atoms with Gasteiger partial charge in [-0.2, -0.15) is 5.10 Å². The number of fused-ring (bicyclic) bond motifs is 1. The summed E-state index contributed by atoms with van der Waals surface area (Å²) in [6.07, 6.45) is 0.818. The quantitative estimate of drug-likeness (QED) is 0.608. The molecule has 1 aromatic heterocycles. The molecule has 1 saturated heterocycles. The van der Waals surface area contributed by atoms with Gasteiger partial charge in [0.1, 0.15) is 5.69 Å². The van der Waals surface area contributed by atoms with E-state index in [1.54, 1.807) is 10.7 Å². The fourth-order valence-electron chi connectivity index (χ4n) is 4.61. The normalized spacial score (nSPS) is 17.0. The van der Waals surface area contributed by atoms with Crippen LogP contribution in [0.5, 0.6) is 0 Å². The minimum Gasteiger partial charge on any atom is -0.335 e. The van der Waals surface area contributed by atoms with Crippen molar-refractivity contribution in [3.8, 4) is 0 Å². The molecule has 1 fully saturated rings. The number of carbonyl (C=O) groups is 2. The molecule has 0 bridgehead atoms. The fraction of sp³-hybridized carbons (Fsp3) is 0.346. The highest BCUT2D eigenvalue weighted by atomic mass is 16.2. The Morgan fingerprint density at radius 1 is 0.788 bits per heavy atom. The second-order valence-electron chi connectivity index (χ2n) is 8.76. The predicted octanol–water partition coefficient (Wildman–Crippen LogP) is 2.89. The van der Waals surface area contributed by atoms with Crippen LogP contribution in [0.15, 0.2) is 66.7 Å². The molecular weight excluding hydrogens is 414 g/mol. The summed E-state index contributed by atoms with van der Waals surface area (Å²) < 4.78 is 1.71. The Labute approximate surface area is 194 Å². The van der Waals surface area contributed by atoms with Gasteiger partial charge in [-0.1, -0.05) is 60.7 Å². The summed E-state index contributed by atoms with van der Waals surface area (Å²) in [5, 5.41) is 4.53. The summed E-state index contributed by atoms with van der Waals surface area (Å²) in [5.74, 6) is -0.145. The average Bonchev–Trinajstić information content (AvgIpc) is 3.23. The average molecular weight is 444 g/mol. The van der Waals surface area contributed by atoms with Crippen LogP contribution < -0.4 is 0 Å². The van der Waals surface area contributed by atoms with Crippen molar-refractivity contribution in [1.82, 2.24) is 24.5 Å². The molecule has 7 heteroatoms. The van der Waals surface area contributed by atoms with Crippen LogP contribution in [0.25, 0.3) is 0 Å². The van der Waals surface area contributed by atoms with Gasteiger partial charge >= 0.3 is 0 Å².